The van der Waals surface area contributed by atoms with Gasteiger partial charge in [-0.25, -0.2) is 8.78 Å². The summed E-state index contributed by atoms with van der Waals surface area (Å²) < 4.78 is 32.5. The minimum absolute atomic E-state index is 0.142. The topological polar surface area (TPSA) is 18.5 Å². The van der Waals surface area contributed by atoms with Gasteiger partial charge < -0.3 is 9.47 Å². The molecule has 2 nitrogen and oxygen atoms in total. The molecule has 0 aromatic heterocycles. The summed E-state index contributed by atoms with van der Waals surface area (Å²) in [6.45, 7) is 0.343. The van der Waals surface area contributed by atoms with Crippen LogP contribution in [0.4, 0.5) is 8.78 Å². The van der Waals surface area contributed by atoms with Crippen LogP contribution in [0.3, 0.4) is 0 Å². The van der Waals surface area contributed by atoms with E-state index in [1.807, 2.05) is 0 Å². The Balaban J connectivity index is 2.69. The maximum Gasteiger partial charge on any atom is 0.113 e. The summed E-state index contributed by atoms with van der Waals surface area (Å²) in [4.78, 5) is 0. The zero-order valence-electron chi connectivity index (χ0n) is 6.52. The van der Waals surface area contributed by atoms with E-state index in [1.54, 1.807) is 0 Å². The van der Waals surface area contributed by atoms with E-state index < -0.39 is 13.3 Å². The summed E-state index contributed by atoms with van der Waals surface area (Å²) in [6.07, 6.45) is 0.694. The standard InChI is InChI=1S/C7H14F2O2/c8-2-6-10-4-1-5-11-7-3-9/h1-7H2. The predicted octanol–water partition coefficient (Wildman–Crippen LogP) is 1.35. The third kappa shape index (κ3) is 9.78. The van der Waals surface area contributed by atoms with Gasteiger partial charge in [0.2, 0.25) is 0 Å². The number of hydrogen-bond donors (Lipinski definition) is 0. The highest BCUT2D eigenvalue weighted by Gasteiger charge is 1.89. The van der Waals surface area contributed by atoms with Gasteiger partial charge in [-0.2, -0.15) is 0 Å². The van der Waals surface area contributed by atoms with Gasteiger partial charge in [-0.1, -0.05) is 0 Å². The molecule has 0 unspecified atom stereocenters. The maximum atomic E-state index is 11.4. The first kappa shape index (κ1) is 10.8. The van der Waals surface area contributed by atoms with Crippen molar-refractivity contribution in [2.24, 2.45) is 0 Å². The van der Waals surface area contributed by atoms with Gasteiger partial charge in [0.05, 0.1) is 13.2 Å². The lowest BCUT2D eigenvalue weighted by molar-refractivity contribution is 0.0717. The van der Waals surface area contributed by atoms with E-state index in [9.17, 15) is 8.78 Å². The van der Waals surface area contributed by atoms with Crippen LogP contribution in [0.5, 0.6) is 0 Å². The summed E-state index contributed by atoms with van der Waals surface area (Å²) in [6, 6.07) is 0. The van der Waals surface area contributed by atoms with Crippen molar-refractivity contribution in [2.75, 3.05) is 39.8 Å². The highest BCUT2D eigenvalue weighted by Crippen LogP contribution is 1.85. The van der Waals surface area contributed by atoms with Crippen LogP contribution in [-0.2, 0) is 9.47 Å². The highest BCUT2D eigenvalue weighted by atomic mass is 19.1. The van der Waals surface area contributed by atoms with Crippen LogP contribution in [0.2, 0.25) is 0 Å². The van der Waals surface area contributed by atoms with E-state index in [1.165, 1.54) is 0 Å². The van der Waals surface area contributed by atoms with E-state index in [0.717, 1.165) is 0 Å². The summed E-state index contributed by atoms with van der Waals surface area (Å²) in [5.41, 5.74) is 0. The quantitative estimate of drug-likeness (QED) is 0.509. The largest absolute Gasteiger partial charge is 0.379 e. The van der Waals surface area contributed by atoms with Crippen LogP contribution < -0.4 is 0 Å². The Morgan fingerprint density at radius 1 is 0.727 bits per heavy atom. The smallest absolute Gasteiger partial charge is 0.113 e. The summed E-state index contributed by atoms with van der Waals surface area (Å²) in [7, 11) is 0. The first-order chi connectivity index (χ1) is 5.41. The van der Waals surface area contributed by atoms with Gasteiger partial charge in [0.1, 0.15) is 13.3 Å². The van der Waals surface area contributed by atoms with E-state index >= 15 is 0 Å². The molecule has 0 amide bonds. The van der Waals surface area contributed by atoms with Gasteiger partial charge in [0, 0.05) is 13.2 Å². The van der Waals surface area contributed by atoms with E-state index in [0.29, 0.717) is 19.6 Å². The van der Waals surface area contributed by atoms with Gasteiger partial charge in [-0.05, 0) is 6.42 Å². The van der Waals surface area contributed by atoms with Gasteiger partial charge in [-0.3, -0.25) is 0 Å². The van der Waals surface area contributed by atoms with Crippen molar-refractivity contribution in [1.29, 1.82) is 0 Å². The molecule has 11 heavy (non-hydrogen) atoms. The number of halogens is 2. The minimum atomic E-state index is -0.453. The van der Waals surface area contributed by atoms with Crippen LogP contribution in [-0.4, -0.2) is 39.8 Å². The van der Waals surface area contributed by atoms with E-state index in [-0.39, 0.29) is 13.2 Å². The summed E-state index contributed by atoms with van der Waals surface area (Å²) in [5.74, 6) is 0. The van der Waals surface area contributed by atoms with Gasteiger partial charge in [-0.15, -0.1) is 0 Å². The third-order valence-corrected chi connectivity index (χ3v) is 1.02. The molecule has 0 N–H and O–H groups in total. The van der Waals surface area contributed by atoms with Gasteiger partial charge >= 0.3 is 0 Å². The second-order valence-corrected chi connectivity index (χ2v) is 1.96. The molecule has 0 aromatic rings. The molecule has 0 aliphatic rings. The zero-order chi connectivity index (χ0) is 8.36. The van der Waals surface area contributed by atoms with Crippen molar-refractivity contribution >= 4 is 0 Å². The molecule has 0 saturated carbocycles. The fraction of sp³-hybridized carbons (Fsp3) is 1.00. The number of ether oxygens (including phenoxy) is 2. The Kier molecular flexibility index (Phi) is 9.58. The molecule has 0 rings (SSSR count). The number of hydrogen-bond acceptors (Lipinski definition) is 2. The lowest BCUT2D eigenvalue weighted by Crippen LogP contribution is -2.04. The maximum absolute atomic E-state index is 11.4. The Labute approximate surface area is 65.5 Å². The fourth-order valence-electron chi connectivity index (χ4n) is 0.576. The lowest BCUT2D eigenvalue weighted by atomic mass is 10.5. The number of alkyl halides is 2. The molecule has 0 aliphatic carbocycles. The molecule has 0 aromatic carbocycles. The molecule has 0 saturated heterocycles. The van der Waals surface area contributed by atoms with Crippen molar-refractivity contribution in [1.82, 2.24) is 0 Å². The minimum Gasteiger partial charge on any atom is -0.379 e. The molecule has 68 valence electrons. The molecule has 4 heteroatoms. The zero-order valence-corrected chi connectivity index (χ0v) is 6.52. The number of rotatable bonds is 8. The SMILES string of the molecule is FCCOCCCOCCF. The van der Waals surface area contributed by atoms with Crippen LogP contribution >= 0.6 is 0 Å². The van der Waals surface area contributed by atoms with Crippen LogP contribution in [0.1, 0.15) is 6.42 Å². The molecular weight excluding hydrogens is 154 g/mol. The lowest BCUT2D eigenvalue weighted by Gasteiger charge is -2.01. The van der Waals surface area contributed by atoms with E-state index in [2.05, 4.69) is 0 Å². The van der Waals surface area contributed by atoms with Crippen molar-refractivity contribution in [3.63, 3.8) is 0 Å². The normalized spacial score (nSPS) is 10.4. The second-order valence-electron chi connectivity index (χ2n) is 1.96. The van der Waals surface area contributed by atoms with Crippen LogP contribution in [0, 0.1) is 0 Å². The first-order valence-electron chi connectivity index (χ1n) is 3.69. The Morgan fingerprint density at radius 2 is 1.18 bits per heavy atom. The Hall–Kier alpha value is -0.220. The average Bonchev–Trinajstić information content (AvgIpc) is 2.03. The predicted molar refractivity (Wildman–Crippen MR) is 38.2 cm³/mol. The second kappa shape index (κ2) is 9.78. The van der Waals surface area contributed by atoms with Gasteiger partial charge in [0.25, 0.3) is 0 Å². The monoisotopic (exact) mass is 168 g/mol. The Morgan fingerprint density at radius 3 is 1.55 bits per heavy atom. The molecule has 0 fully saturated rings. The molecule has 0 bridgehead atoms. The van der Waals surface area contributed by atoms with Crippen LogP contribution in [0.15, 0.2) is 0 Å². The van der Waals surface area contributed by atoms with Crippen LogP contribution in [0.25, 0.3) is 0 Å². The fourth-order valence-corrected chi connectivity index (χ4v) is 0.576. The van der Waals surface area contributed by atoms with E-state index in [4.69, 9.17) is 9.47 Å². The highest BCUT2D eigenvalue weighted by molar-refractivity contribution is 4.35. The molecule has 0 aliphatic heterocycles. The van der Waals surface area contributed by atoms with Crippen molar-refractivity contribution in [3.05, 3.63) is 0 Å². The van der Waals surface area contributed by atoms with Crippen molar-refractivity contribution < 1.29 is 18.3 Å². The van der Waals surface area contributed by atoms with Crippen molar-refractivity contribution in [2.45, 2.75) is 6.42 Å². The van der Waals surface area contributed by atoms with Crippen molar-refractivity contribution in [3.8, 4) is 0 Å². The average molecular weight is 168 g/mol. The van der Waals surface area contributed by atoms with Gasteiger partial charge in [0.15, 0.2) is 0 Å². The summed E-state index contributed by atoms with van der Waals surface area (Å²) >= 11 is 0. The molecule has 0 heterocycles. The molecular formula is C7H14F2O2. The molecule has 0 radical (unpaired) electrons. The molecule has 0 atom stereocenters. The molecule has 0 spiro atoms. The first-order valence-corrected chi connectivity index (χ1v) is 3.69. The Bertz CT molecular complexity index is 63.5. The third-order valence-electron chi connectivity index (χ3n) is 1.02. The summed E-state index contributed by atoms with van der Waals surface area (Å²) in [5, 5.41) is 0.